The molecule has 4 rings (SSSR count). The first-order valence-electron chi connectivity index (χ1n) is 9.74. The third-order valence-electron chi connectivity index (χ3n) is 5.13. The number of fused-ring (bicyclic) bond motifs is 3. The van der Waals surface area contributed by atoms with Crippen LogP contribution in [-0.4, -0.2) is 35.5 Å². The molecule has 0 fully saturated rings. The van der Waals surface area contributed by atoms with Crippen LogP contribution in [0.25, 0.3) is 27.5 Å². The fraction of sp³-hybridized carbons (Fsp3) is 0.174. The summed E-state index contributed by atoms with van der Waals surface area (Å²) in [5, 5.41) is 6.80. The maximum absolute atomic E-state index is 13.4. The van der Waals surface area contributed by atoms with E-state index in [0.29, 0.717) is 33.6 Å². The summed E-state index contributed by atoms with van der Waals surface area (Å²) in [4.78, 5) is 40.4. The molecule has 0 aliphatic heterocycles. The number of nitrogens with one attached hydrogen (secondary N) is 3. The molecule has 0 aliphatic rings. The normalized spacial score (nSPS) is 10.9. The Morgan fingerprint density at radius 3 is 2.65 bits per heavy atom. The number of likely N-dealkylation sites (N-methyl/N-ethyl adjacent to an activating group) is 1. The maximum atomic E-state index is 13.4. The van der Waals surface area contributed by atoms with E-state index >= 15 is 0 Å². The molecule has 0 saturated heterocycles. The molecule has 8 nitrogen and oxygen atoms in total. The van der Waals surface area contributed by atoms with Crippen LogP contribution >= 0.6 is 0 Å². The predicted octanol–water partition coefficient (Wildman–Crippen LogP) is 2.73. The van der Waals surface area contributed by atoms with Crippen molar-refractivity contribution in [3.05, 3.63) is 64.6 Å². The summed E-state index contributed by atoms with van der Waals surface area (Å²) < 4.78 is 6.92. The van der Waals surface area contributed by atoms with Crippen molar-refractivity contribution in [1.82, 2.24) is 14.9 Å². The minimum atomic E-state index is -0.266. The van der Waals surface area contributed by atoms with Crippen LogP contribution in [0.15, 0.2) is 53.5 Å². The fourth-order valence-electron chi connectivity index (χ4n) is 3.77. The van der Waals surface area contributed by atoms with Gasteiger partial charge in [0.2, 0.25) is 11.8 Å². The van der Waals surface area contributed by atoms with Crippen molar-refractivity contribution in [1.29, 1.82) is 0 Å². The van der Waals surface area contributed by atoms with Crippen LogP contribution in [0.4, 0.5) is 5.69 Å². The number of rotatable bonds is 5. The Morgan fingerprint density at radius 1 is 1.16 bits per heavy atom. The van der Waals surface area contributed by atoms with E-state index in [4.69, 9.17) is 4.74 Å². The largest absolute Gasteiger partial charge is 0.495 e. The molecule has 31 heavy (non-hydrogen) atoms. The summed E-state index contributed by atoms with van der Waals surface area (Å²) in [6, 6.07) is 12.6. The first kappa shape index (κ1) is 20.2. The van der Waals surface area contributed by atoms with E-state index in [1.807, 2.05) is 12.1 Å². The lowest BCUT2D eigenvalue weighted by molar-refractivity contribution is -0.120. The van der Waals surface area contributed by atoms with Gasteiger partial charge in [0.25, 0.3) is 5.56 Å². The molecule has 2 aromatic heterocycles. The Kier molecular flexibility index (Phi) is 5.21. The van der Waals surface area contributed by atoms with Gasteiger partial charge < -0.3 is 20.4 Å². The Balaban J connectivity index is 2.06. The van der Waals surface area contributed by atoms with Gasteiger partial charge in [-0.2, -0.15) is 0 Å². The van der Waals surface area contributed by atoms with Crippen LogP contribution in [0.5, 0.6) is 5.75 Å². The number of para-hydroxylation sites is 2. The monoisotopic (exact) mass is 418 g/mol. The second kappa shape index (κ2) is 7.98. The van der Waals surface area contributed by atoms with E-state index in [-0.39, 0.29) is 23.8 Å². The number of hydrogen-bond donors (Lipinski definition) is 3. The van der Waals surface area contributed by atoms with Crippen molar-refractivity contribution in [3.8, 4) is 11.4 Å². The van der Waals surface area contributed by atoms with Crippen LogP contribution in [-0.2, 0) is 16.0 Å². The minimum absolute atomic E-state index is 0.0831. The second-order valence-corrected chi connectivity index (χ2v) is 7.17. The Hall–Kier alpha value is -4.07. The fourth-order valence-corrected chi connectivity index (χ4v) is 3.77. The summed E-state index contributed by atoms with van der Waals surface area (Å²) in [7, 11) is 3.11. The number of anilines is 1. The van der Waals surface area contributed by atoms with Gasteiger partial charge in [0.1, 0.15) is 11.3 Å². The average Bonchev–Trinajstić information content (AvgIpc) is 3.14. The predicted molar refractivity (Wildman–Crippen MR) is 120 cm³/mol. The van der Waals surface area contributed by atoms with Gasteiger partial charge in [-0.25, -0.2) is 0 Å². The molecule has 0 aliphatic carbocycles. The zero-order valence-electron chi connectivity index (χ0n) is 17.4. The molecule has 0 spiro atoms. The molecule has 2 heterocycles. The number of ether oxygens (including phenoxy) is 1. The minimum Gasteiger partial charge on any atom is -0.495 e. The van der Waals surface area contributed by atoms with Crippen LogP contribution in [0, 0.1) is 0 Å². The van der Waals surface area contributed by atoms with Crippen LogP contribution < -0.4 is 20.9 Å². The Morgan fingerprint density at radius 2 is 1.94 bits per heavy atom. The zero-order chi connectivity index (χ0) is 22.1. The summed E-state index contributed by atoms with van der Waals surface area (Å²) in [5.41, 5.74) is 2.70. The molecular formula is C23H22N4O4. The topological polar surface area (TPSA) is 105 Å². The lowest BCUT2D eigenvalue weighted by Gasteiger charge is -2.13. The number of benzene rings is 2. The van der Waals surface area contributed by atoms with Gasteiger partial charge in [-0.1, -0.05) is 12.1 Å². The number of carbonyl (C=O) groups excluding carboxylic acids is 2. The van der Waals surface area contributed by atoms with Gasteiger partial charge in [0.05, 0.1) is 19.2 Å². The summed E-state index contributed by atoms with van der Waals surface area (Å²) >= 11 is 0. The van der Waals surface area contributed by atoms with Crippen molar-refractivity contribution < 1.29 is 14.3 Å². The molecule has 4 aromatic rings. The lowest BCUT2D eigenvalue weighted by Crippen LogP contribution is -2.23. The average molecular weight is 418 g/mol. The highest BCUT2D eigenvalue weighted by atomic mass is 16.5. The molecule has 8 heteroatoms. The van der Waals surface area contributed by atoms with Crippen molar-refractivity contribution in [2.45, 2.75) is 13.3 Å². The van der Waals surface area contributed by atoms with E-state index in [1.54, 1.807) is 50.7 Å². The number of aromatic amines is 1. The third-order valence-corrected chi connectivity index (χ3v) is 5.13. The van der Waals surface area contributed by atoms with Crippen molar-refractivity contribution in [3.63, 3.8) is 0 Å². The highest BCUT2D eigenvalue weighted by molar-refractivity contribution is 6.11. The number of H-pyrrole nitrogens is 1. The van der Waals surface area contributed by atoms with Crippen LogP contribution in [0.2, 0.25) is 0 Å². The Labute approximate surface area is 177 Å². The number of aromatic nitrogens is 2. The lowest BCUT2D eigenvalue weighted by atomic mass is 10.0. The summed E-state index contributed by atoms with van der Waals surface area (Å²) in [6.07, 6.45) is 1.76. The summed E-state index contributed by atoms with van der Waals surface area (Å²) in [6.45, 7) is 1.43. The van der Waals surface area contributed by atoms with Crippen molar-refractivity contribution in [2.24, 2.45) is 0 Å². The van der Waals surface area contributed by atoms with Crippen LogP contribution in [0.1, 0.15) is 12.5 Å². The van der Waals surface area contributed by atoms with E-state index in [0.717, 1.165) is 10.9 Å². The molecule has 0 atom stereocenters. The van der Waals surface area contributed by atoms with Crippen LogP contribution in [0.3, 0.4) is 0 Å². The highest BCUT2D eigenvalue weighted by Crippen LogP contribution is 2.31. The molecule has 2 aromatic carbocycles. The van der Waals surface area contributed by atoms with Crippen molar-refractivity contribution in [2.75, 3.05) is 19.5 Å². The first-order valence-corrected chi connectivity index (χ1v) is 9.74. The van der Waals surface area contributed by atoms with Gasteiger partial charge in [-0.05, 0) is 35.9 Å². The molecule has 0 bridgehead atoms. The number of pyridine rings is 1. The molecule has 2 amide bonds. The van der Waals surface area contributed by atoms with E-state index in [1.165, 1.54) is 11.5 Å². The standard InChI is InChI=1S/C23H22N4O4/c1-13(28)25-15-8-9-17-16(11-15)21-14(10-20(29)24-2)12-27(23(30)22(21)26-17)18-6-4-5-7-19(18)31-3/h4-9,11-12,26H,10H2,1-3H3,(H,24,29)(H,25,28). The zero-order valence-corrected chi connectivity index (χ0v) is 17.4. The van der Waals surface area contributed by atoms with E-state index in [2.05, 4.69) is 15.6 Å². The summed E-state index contributed by atoms with van der Waals surface area (Å²) in [5.74, 6) is 0.168. The third kappa shape index (κ3) is 3.63. The van der Waals surface area contributed by atoms with Crippen molar-refractivity contribution >= 4 is 39.3 Å². The van der Waals surface area contributed by atoms with E-state index in [9.17, 15) is 14.4 Å². The molecule has 0 unspecified atom stereocenters. The highest BCUT2D eigenvalue weighted by Gasteiger charge is 2.19. The second-order valence-electron chi connectivity index (χ2n) is 7.17. The van der Waals surface area contributed by atoms with Gasteiger partial charge in [0.15, 0.2) is 0 Å². The van der Waals surface area contributed by atoms with Gasteiger partial charge in [-0.3, -0.25) is 19.0 Å². The smallest absolute Gasteiger partial charge is 0.279 e. The van der Waals surface area contributed by atoms with Gasteiger partial charge in [0, 0.05) is 42.1 Å². The number of hydrogen-bond acceptors (Lipinski definition) is 4. The molecule has 0 saturated carbocycles. The van der Waals surface area contributed by atoms with Gasteiger partial charge in [-0.15, -0.1) is 0 Å². The molecule has 158 valence electrons. The first-order chi connectivity index (χ1) is 14.9. The number of methoxy groups -OCH3 is 1. The molecule has 3 N–H and O–H groups in total. The Bertz CT molecular complexity index is 1380. The molecule has 0 radical (unpaired) electrons. The quantitative estimate of drug-likeness (QED) is 0.463. The number of nitrogens with zero attached hydrogens (tertiary/aromatic N) is 1. The number of amides is 2. The van der Waals surface area contributed by atoms with E-state index < -0.39 is 0 Å². The van der Waals surface area contributed by atoms with Gasteiger partial charge >= 0.3 is 0 Å². The molecular weight excluding hydrogens is 396 g/mol. The maximum Gasteiger partial charge on any atom is 0.279 e. The SMILES string of the molecule is CNC(=O)Cc1cn(-c2ccccc2OC)c(=O)c2[nH]c3ccc(NC(C)=O)cc3c12. The number of carbonyl (C=O) groups is 2.